The Morgan fingerprint density at radius 2 is 1.57 bits per heavy atom. The van der Waals surface area contributed by atoms with E-state index in [1.165, 1.54) is 12.8 Å². The molecule has 0 aliphatic heterocycles. The molecule has 1 aliphatic carbocycles. The zero-order valence-electron chi connectivity index (χ0n) is 10.7. The van der Waals surface area contributed by atoms with Gasteiger partial charge < -0.3 is 0 Å². The summed E-state index contributed by atoms with van der Waals surface area (Å²) in [5.41, 5.74) is 0. The molecule has 0 bridgehead atoms. The number of hydrogen-bond acceptors (Lipinski definition) is 0. The fraction of sp³-hybridized carbons (Fsp3) is 0.833. The topological polar surface area (TPSA) is 0 Å². The first-order valence-corrected chi connectivity index (χ1v) is 17.4. The van der Waals surface area contributed by atoms with Crippen molar-refractivity contribution < 1.29 is 0 Å². The van der Waals surface area contributed by atoms with Gasteiger partial charge >= 0.3 is 100 Å². The van der Waals surface area contributed by atoms with Gasteiger partial charge in [0.1, 0.15) is 0 Å². The van der Waals surface area contributed by atoms with Gasteiger partial charge in [-0.25, -0.2) is 0 Å². The third kappa shape index (κ3) is 8.16. The SMILES string of the molecule is C[C@@H]1CC=C[C@H]([Ge]([CH3])[CH3])C1.[CH3][Ge]([CH3])[CH3]. The van der Waals surface area contributed by atoms with E-state index in [1.54, 1.807) is 0 Å². The number of rotatable bonds is 1. The van der Waals surface area contributed by atoms with Crippen LogP contribution in [0.25, 0.3) is 0 Å². The van der Waals surface area contributed by atoms with E-state index in [2.05, 4.69) is 47.9 Å². The number of allylic oxidation sites excluding steroid dienone is 2. The van der Waals surface area contributed by atoms with Gasteiger partial charge in [-0.05, 0) is 0 Å². The Bertz CT molecular complexity index is 159. The molecular formula is C12H26Ge2. The molecule has 0 fully saturated rings. The van der Waals surface area contributed by atoms with Crippen LogP contribution in [-0.4, -0.2) is 28.7 Å². The van der Waals surface area contributed by atoms with E-state index >= 15 is 0 Å². The van der Waals surface area contributed by atoms with E-state index in [0.717, 1.165) is 10.7 Å². The van der Waals surface area contributed by atoms with E-state index in [1.807, 2.05) is 0 Å². The van der Waals surface area contributed by atoms with Crippen LogP contribution in [0, 0.1) is 5.92 Å². The van der Waals surface area contributed by atoms with E-state index in [9.17, 15) is 0 Å². The Labute approximate surface area is 99.8 Å². The van der Waals surface area contributed by atoms with Crippen molar-refractivity contribution in [3.05, 3.63) is 12.2 Å². The molecule has 0 spiro atoms. The third-order valence-electron chi connectivity index (χ3n) is 2.30. The van der Waals surface area contributed by atoms with Crippen LogP contribution >= 0.6 is 0 Å². The summed E-state index contributed by atoms with van der Waals surface area (Å²) >= 11 is -0.952. The average Bonchev–Trinajstić information content (AvgIpc) is 2.03. The van der Waals surface area contributed by atoms with Crippen LogP contribution in [-0.2, 0) is 0 Å². The maximum absolute atomic E-state index is 2.48. The zero-order valence-corrected chi connectivity index (χ0v) is 14.9. The van der Waals surface area contributed by atoms with Crippen LogP contribution in [0.5, 0.6) is 0 Å². The summed E-state index contributed by atoms with van der Waals surface area (Å²) < 4.78 is 1.02. The molecule has 0 nitrogen and oxygen atoms in total. The Morgan fingerprint density at radius 3 is 1.86 bits per heavy atom. The molecule has 0 aromatic rings. The molecule has 0 unspecified atom stereocenters. The van der Waals surface area contributed by atoms with Crippen LogP contribution < -0.4 is 0 Å². The van der Waals surface area contributed by atoms with Gasteiger partial charge in [0.25, 0.3) is 0 Å². The minimum atomic E-state index is -0.619. The van der Waals surface area contributed by atoms with Gasteiger partial charge in [0.2, 0.25) is 0 Å². The second-order valence-electron chi connectivity index (χ2n) is 5.19. The molecule has 0 saturated carbocycles. The summed E-state index contributed by atoms with van der Waals surface area (Å²) in [6.45, 7) is 2.37. The molecule has 0 N–H and O–H groups in total. The standard InChI is InChI=1S/C9H17Ge.C3H9Ge/c1-8-5-4-6-9(7-8)10(2)3;1-4(2)3/h4,6,8-9H,5,7H2,1-3H3;1-3H3/t8-,9+;/m1./s1. The Kier molecular flexibility index (Phi) is 8.51. The van der Waals surface area contributed by atoms with Crippen molar-refractivity contribution >= 4 is 28.7 Å². The Morgan fingerprint density at radius 1 is 1.07 bits per heavy atom. The average molecular weight is 316 g/mol. The molecule has 0 aromatic heterocycles. The first-order valence-electron chi connectivity index (χ1n) is 5.67. The minimum absolute atomic E-state index is 0.333. The van der Waals surface area contributed by atoms with Gasteiger partial charge in [0, 0.05) is 0 Å². The summed E-state index contributed by atoms with van der Waals surface area (Å²) in [4.78, 5) is 0. The molecule has 0 amide bonds. The number of hydrogen-bond donors (Lipinski definition) is 0. The van der Waals surface area contributed by atoms with E-state index in [4.69, 9.17) is 0 Å². The van der Waals surface area contributed by atoms with Crippen LogP contribution in [0.3, 0.4) is 0 Å². The molecule has 1 aliphatic rings. The molecule has 82 valence electrons. The van der Waals surface area contributed by atoms with E-state index in [0.29, 0.717) is 0 Å². The summed E-state index contributed by atoms with van der Waals surface area (Å²) in [6.07, 6.45) is 7.65. The maximum atomic E-state index is 2.48. The predicted molar refractivity (Wildman–Crippen MR) is 72.1 cm³/mol. The Balaban J connectivity index is 0.000000364. The first-order chi connectivity index (χ1) is 6.43. The van der Waals surface area contributed by atoms with Crippen molar-refractivity contribution in [2.24, 2.45) is 5.92 Å². The van der Waals surface area contributed by atoms with Crippen LogP contribution in [0.1, 0.15) is 19.8 Å². The molecule has 0 heterocycles. The van der Waals surface area contributed by atoms with Gasteiger partial charge in [-0.3, -0.25) is 0 Å². The Hall–Kier alpha value is 0.826. The van der Waals surface area contributed by atoms with Crippen LogP contribution in [0.4, 0.5) is 0 Å². The van der Waals surface area contributed by atoms with Crippen molar-refractivity contribution in [3.8, 4) is 0 Å². The molecule has 2 heteroatoms. The summed E-state index contributed by atoms with van der Waals surface area (Å²) in [7, 11) is 0. The molecule has 0 saturated heterocycles. The van der Waals surface area contributed by atoms with Gasteiger partial charge in [-0.2, -0.15) is 0 Å². The molecule has 0 aromatic carbocycles. The van der Waals surface area contributed by atoms with Crippen molar-refractivity contribution in [1.29, 1.82) is 0 Å². The normalized spacial score (nSPS) is 26.3. The van der Waals surface area contributed by atoms with Gasteiger partial charge in [0.05, 0.1) is 0 Å². The molecular weight excluding hydrogens is 289 g/mol. The van der Waals surface area contributed by atoms with E-state index < -0.39 is 14.3 Å². The monoisotopic (exact) mass is 318 g/mol. The van der Waals surface area contributed by atoms with Crippen LogP contribution in [0.15, 0.2) is 12.2 Å². The second-order valence-corrected chi connectivity index (χ2v) is 17.6. The summed E-state index contributed by atoms with van der Waals surface area (Å²) in [5, 5.41) is 0. The van der Waals surface area contributed by atoms with Crippen molar-refractivity contribution in [1.82, 2.24) is 0 Å². The van der Waals surface area contributed by atoms with Gasteiger partial charge in [-0.15, -0.1) is 0 Å². The van der Waals surface area contributed by atoms with Crippen molar-refractivity contribution in [2.75, 3.05) is 0 Å². The zero-order chi connectivity index (χ0) is 11.1. The van der Waals surface area contributed by atoms with E-state index in [-0.39, 0.29) is 14.3 Å². The first kappa shape index (κ1) is 14.8. The fourth-order valence-corrected chi connectivity index (χ4v) is 4.44. The van der Waals surface area contributed by atoms with Gasteiger partial charge in [0.15, 0.2) is 0 Å². The third-order valence-corrected chi connectivity index (χ3v) is 6.31. The molecule has 14 heavy (non-hydrogen) atoms. The van der Waals surface area contributed by atoms with Crippen molar-refractivity contribution in [2.45, 2.75) is 53.3 Å². The summed E-state index contributed by atoms with van der Waals surface area (Å²) in [6, 6.07) is 0. The molecule has 1 rings (SSSR count). The second kappa shape index (κ2) is 8.03. The molecule has 2 atom stereocenters. The van der Waals surface area contributed by atoms with Crippen molar-refractivity contribution in [3.63, 3.8) is 0 Å². The van der Waals surface area contributed by atoms with Gasteiger partial charge in [-0.1, -0.05) is 0 Å². The predicted octanol–water partition coefficient (Wildman–Crippen LogP) is 4.47. The van der Waals surface area contributed by atoms with Crippen LogP contribution in [0.2, 0.25) is 33.5 Å². The quantitative estimate of drug-likeness (QED) is 0.495. The summed E-state index contributed by atoms with van der Waals surface area (Å²) in [5.74, 6) is 12.9. The fourth-order valence-electron chi connectivity index (χ4n) is 1.51. The molecule has 2 radical (unpaired) electrons.